The zero-order valence-corrected chi connectivity index (χ0v) is 13.9. The first-order valence-electron chi connectivity index (χ1n) is 8.39. The lowest BCUT2D eigenvalue weighted by Gasteiger charge is -2.34. The number of aliphatic hydroxyl groups is 1. The monoisotopic (exact) mass is 296 g/mol. The van der Waals surface area contributed by atoms with Gasteiger partial charge >= 0.3 is 0 Å². The topological polar surface area (TPSA) is 35.9 Å². The second-order valence-corrected chi connectivity index (χ2v) is 6.90. The van der Waals surface area contributed by atoms with Gasteiger partial charge in [0.1, 0.15) is 0 Å². The van der Waals surface area contributed by atoms with Crippen LogP contribution in [0.4, 0.5) is 0 Å². The summed E-state index contributed by atoms with van der Waals surface area (Å²) in [7, 11) is 2.14. The third kappa shape index (κ3) is 5.37. The zero-order chi connectivity index (χ0) is 15.2. The van der Waals surface area contributed by atoms with Gasteiger partial charge in [0, 0.05) is 32.7 Å². The second kappa shape index (κ2) is 8.28. The van der Waals surface area contributed by atoms with Gasteiger partial charge in [0.25, 0.3) is 0 Å². The Kier molecular flexibility index (Phi) is 6.68. The van der Waals surface area contributed by atoms with Gasteiger partial charge in [-0.1, -0.05) is 18.6 Å². The summed E-state index contributed by atoms with van der Waals surface area (Å²) in [6, 6.07) is 0. The smallest absolute Gasteiger partial charge is 0.0793 e. The molecule has 1 heterocycles. The van der Waals surface area contributed by atoms with Crippen LogP contribution in [0.5, 0.6) is 0 Å². The minimum Gasteiger partial charge on any atom is -0.390 e. The molecule has 4 heteroatoms. The third-order valence-corrected chi connectivity index (χ3v) is 4.96. The predicted octanol–water partition coefficient (Wildman–Crippen LogP) is 1.60. The molecular weight excluding hydrogens is 264 g/mol. The Morgan fingerprint density at radius 3 is 2.81 bits per heavy atom. The Bertz CT molecular complexity index is 340. The van der Waals surface area contributed by atoms with Crippen LogP contribution in [-0.4, -0.2) is 74.0 Å². The number of morpholine rings is 1. The average molecular weight is 296 g/mol. The van der Waals surface area contributed by atoms with Crippen molar-refractivity contribution in [3.63, 3.8) is 0 Å². The Labute approximate surface area is 129 Å². The van der Waals surface area contributed by atoms with Gasteiger partial charge in [-0.15, -0.1) is 0 Å². The molecule has 0 saturated carbocycles. The van der Waals surface area contributed by atoms with Crippen LogP contribution in [-0.2, 0) is 4.74 Å². The Morgan fingerprint density at radius 2 is 2.14 bits per heavy atom. The molecule has 1 aliphatic heterocycles. The van der Waals surface area contributed by atoms with Crippen molar-refractivity contribution >= 4 is 0 Å². The number of nitrogens with zero attached hydrogens (tertiary/aromatic N) is 2. The van der Waals surface area contributed by atoms with E-state index in [2.05, 4.69) is 36.8 Å². The largest absolute Gasteiger partial charge is 0.390 e. The average Bonchev–Trinajstić information content (AvgIpc) is 2.44. The van der Waals surface area contributed by atoms with Crippen LogP contribution in [0, 0.1) is 11.8 Å². The third-order valence-electron chi connectivity index (χ3n) is 4.96. The van der Waals surface area contributed by atoms with E-state index < -0.39 is 0 Å². The number of likely N-dealkylation sites (N-methyl/N-ethyl adjacent to an activating group) is 1. The van der Waals surface area contributed by atoms with Crippen LogP contribution in [0.3, 0.4) is 0 Å². The molecule has 0 amide bonds. The van der Waals surface area contributed by atoms with E-state index in [4.69, 9.17) is 4.74 Å². The van der Waals surface area contributed by atoms with Gasteiger partial charge in [0.15, 0.2) is 0 Å². The van der Waals surface area contributed by atoms with E-state index in [1.54, 1.807) is 0 Å². The molecule has 1 fully saturated rings. The molecule has 0 aromatic carbocycles. The van der Waals surface area contributed by atoms with Crippen LogP contribution in [0.15, 0.2) is 11.6 Å². The van der Waals surface area contributed by atoms with Crippen LogP contribution in [0.2, 0.25) is 0 Å². The van der Waals surface area contributed by atoms with Gasteiger partial charge in [0.05, 0.1) is 19.3 Å². The zero-order valence-electron chi connectivity index (χ0n) is 13.9. The summed E-state index contributed by atoms with van der Waals surface area (Å²) in [6.45, 7) is 10.7. The summed E-state index contributed by atoms with van der Waals surface area (Å²) in [5.41, 5.74) is 1.53. The number of aliphatic hydroxyl groups excluding tert-OH is 1. The van der Waals surface area contributed by atoms with E-state index in [-0.39, 0.29) is 6.10 Å². The molecule has 21 heavy (non-hydrogen) atoms. The highest BCUT2D eigenvalue weighted by Crippen LogP contribution is 2.30. The first-order chi connectivity index (χ1) is 10.1. The van der Waals surface area contributed by atoms with E-state index in [0.29, 0.717) is 5.92 Å². The molecule has 0 radical (unpaired) electrons. The van der Waals surface area contributed by atoms with Crippen molar-refractivity contribution < 1.29 is 9.84 Å². The lowest BCUT2D eigenvalue weighted by molar-refractivity contribution is 0.00762. The van der Waals surface area contributed by atoms with Crippen LogP contribution >= 0.6 is 0 Å². The molecule has 4 nitrogen and oxygen atoms in total. The number of hydrogen-bond donors (Lipinski definition) is 1. The van der Waals surface area contributed by atoms with Crippen LogP contribution < -0.4 is 0 Å². The van der Waals surface area contributed by atoms with Crippen molar-refractivity contribution in [3.05, 3.63) is 11.6 Å². The van der Waals surface area contributed by atoms with Gasteiger partial charge < -0.3 is 14.7 Å². The second-order valence-electron chi connectivity index (χ2n) is 6.90. The summed E-state index contributed by atoms with van der Waals surface area (Å²) in [5.74, 6) is 1.41. The normalized spacial score (nSPS) is 29.5. The van der Waals surface area contributed by atoms with Gasteiger partial charge in [0.2, 0.25) is 0 Å². The lowest BCUT2D eigenvalue weighted by Crippen LogP contribution is -2.45. The molecule has 1 N–H and O–H groups in total. The van der Waals surface area contributed by atoms with Gasteiger partial charge in [-0.05, 0) is 38.6 Å². The molecular formula is C17H32N2O2. The van der Waals surface area contributed by atoms with E-state index in [9.17, 15) is 5.11 Å². The first-order valence-corrected chi connectivity index (χ1v) is 8.39. The van der Waals surface area contributed by atoms with Crippen LogP contribution in [0.25, 0.3) is 0 Å². The van der Waals surface area contributed by atoms with Crippen molar-refractivity contribution in [1.82, 2.24) is 9.80 Å². The van der Waals surface area contributed by atoms with Crippen molar-refractivity contribution in [3.8, 4) is 0 Å². The fraction of sp³-hybridized carbons (Fsp3) is 0.882. The summed E-state index contributed by atoms with van der Waals surface area (Å²) in [4.78, 5) is 4.60. The molecule has 2 rings (SSSR count). The fourth-order valence-electron chi connectivity index (χ4n) is 3.61. The number of rotatable bonds is 6. The molecule has 0 unspecified atom stereocenters. The minimum absolute atomic E-state index is 0.267. The fourth-order valence-corrected chi connectivity index (χ4v) is 3.61. The van der Waals surface area contributed by atoms with E-state index in [1.807, 2.05) is 0 Å². The summed E-state index contributed by atoms with van der Waals surface area (Å²) in [5, 5.41) is 10.3. The lowest BCUT2D eigenvalue weighted by atomic mass is 9.80. The minimum atomic E-state index is -0.267. The maximum atomic E-state index is 10.3. The van der Waals surface area contributed by atoms with Gasteiger partial charge in [-0.25, -0.2) is 0 Å². The van der Waals surface area contributed by atoms with Crippen molar-refractivity contribution in [2.75, 3.05) is 53.0 Å². The van der Waals surface area contributed by atoms with Gasteiger partial charge in [-0.2, -0.15) is 0 Å². The Hall–Kier alpha value is -0.420. The highest BCUT2D eigenvalue weighted by atomic mass is 16.5. The quantitative estimate of drug-likeness (QED) is 0.755. The molecule has 122 valence electrons. The highest BCUT2D eigenvalue weighted by molar-refractivity contribution is 5.09. The highest BCUT2D eigenvalue weighted by Gasteiger charge is 2.24. The maximum absolute atomic E-state index is 10.3. The number of allylic oxidation sites excluding steroid dienone is 1. The molecule has 2 aliphatic rings. The van der Waals surface area contributed by atoms with E-state index in [1.165, 1.54) is 18.4 Å². The molecule has 1 saturated heterocycles. The molecule has 0 bridgehead atoms. The van der Waals surface area contributed by atoms with Crippen molar-refractivity contribution in [2.45, 2.75) is 32.8 Å². The Balaban J connectivity index is 1.73. The molecule has 3 atom stereocenters. The van der Waals surface area contributed by atoms with E-state index in [0.717, 1.165) is 51.9 Å². The number of hydrogen-bond acceptors (Lipinski definition) is 4. The van der Waals surface area contributed by atoms with Gasteiger partial charge in [-0.3, -0.25) is 4.90 Å². The number of ether oxygens (including phenoxy) is 1. The predicted molar refractivity (Wildman–Crippen MR) is 86.4 cm³/mol. The summed E-state index contributed by atoms with van der Waals surface area (Å²) in [6.07, 6.45) is 4.65. The molecule has 0 aromatic rings. The molecule has 1 aliphatic carbocycles. The standard InChI is InChI=1S/C17H32N2O2/c1-14-5-4-6-15(2)17(14)13-18(3)11-16(20)12-19-7-9-21-10-8-19/h5,15-17,20H,4,6-13H2,1-3H3/t15-,16-,17+/m0/s1. The first kappa shape index (κ1) is 16.9. The van der Waals surface area contributed by atoms with E-state index >= 15 is 0 Å². The maximum Gasteiger partial charge on any atom is 0.0793 e. The molecule has 0 aromatic heterocycles. The Morgan fingerprint density at radius 1 is 1.43 bits per heavy atom. The summed E-state index contributed by atoms with van der Waals surface area (Å²) < 4.78 is 5.35. The van der Waals surface area contributed by atoms with Crippen molar-refractivity contribution in [2.24, 2.45) is 11.8 Å². The van der Waals surface area contributed by atoms with Crippen molar-refractivity contribution in [1.29, 1.82) is 0 Å². The number of β-amino-alcohol motifs (C(OH)–C–C–N with tert-alkyl or cyclic N) is 1. The van der Waals surface area contributed by atoms with Crippen LogP contribution in [0.1, 0.15) is 26.7 Å². The SMILES string of the molecule is CC1=CCC[C@H](C)[C@@H]1CN(C)C[C@H](O)CN1CCOCC1. The summed E-state index contributed by atoms with van der Waals surface area (Å²) >= 11 is 0. The molecule has 0 spiro atoms.